The first-order valence-corrected chi connectivity index (χ1v) is 5.57. The molecule has 0 aromatic heterocycles. The van der Waals surface area contributed by atoms with Gasteiger partial charge in [-0.25, -0.2) is 4.79 Å². The number of hydrogen-bond donors (Lipinski definition) is 0. The first kappa shape index (κ1) is 9.13. The molecule has 3 nitrogen and oxygen atoms in total. The van der Waals surface area contributed by atoms with Crippen LogP contribution in [0.1, 0.15) is 26.2 Å². The van der Waals surface area contributed by atoms with E-state index >= 15 is 0 Å². The van der Waals surface area contributed by atoms with Crippen LogP contribution in [0.4, 0.5) is 0 Å². The number of esters is 1. The number of hydrogen-bond acceptors (Lipinski definition) is 3. The maximum atomic E-state index is 11.7. The molecule has 3 heteroatoms. The smallest absolute Gasteiger partial charge is 0.334 e. The lowest BCUT2D eigenvalue weighted by Crippen LogP contribution is -2.14. The van der Waals surface area contributed by atoms with E-state index in [1.54, 1.807) is 0 Å². The summed E-state index contributed by atoms with van der Waals surface area (Å²) in [6.07, 6.45) is 2.18. The summed E-state index contributed by atoms with van der Waals surface area (Å²) < 4.78 is 5.03. The lowest BCUT2D eigenvalue weighted by molar-refractivity contribution is -0.136. The molecule has 0 radical (unpaired) electrons. The molecule has 0 unspecified atom stereocenters. The molecular weight excluding hydrogens is 192 g/mol. The lowest BCUT2D eigenvalue weighted by Gasteiger charge is -2.13. The quantitative estimate of drug-likeness (QED) is 0.564. The molecule has 1 aliphatic heterocycles. The zero-order valence-corrected chi connectivity index (χ0v) is 8.79. The lowest BCUT2D eigenvalue weighted by atomic mass is 9.88. The fraction of sp³-hybridized carbons (Fsp3) is 0.667. The molecule has 0 bridgehead atoms. The minimum absolute atomic E-state index is 0.167. The van der Waals surface area contributed by atoms with Crippen LogP contribution in [0, 0.1) is 17.8 Å². The number of cyclic esters (lactones) is 1. The average Bonchev–Trinajstić information content (AvgIpc) is 2.85. The first-order chi connectivity index (χ1) is 7.16. The van der Waals surface area contributed by atoms with Gasteiger partial charge in [0.25, 0.3) is 0 Å². The zero-order valence-electron chi connectivity index (χ0n) is 8.79. The van der Waals surface area contributed by atoms with Crippen LogP contribution >= 0.6 is 0 Å². The van der Waals surface area contributed by atoms with E-state index in [1.165, 1.54) is 0 Å². The van der Waals surface area contributed by atoms with Gasteiger partial charge in [-0.15, -0.1) is 0 Å². The van der Waals surface area contributed by atoms with Gasteiger partial charge in [0.15, 0.2) is 0 Å². The second kappa shape index (κ2) is 2.94. The van der Waals surface area contributed by atoms with Crippen molar-refractivity contribution < 1.29 is 14.3 Å². The number of fused-ring (bicyclic) bond motifs is 2. The molecule has 3 rings (SSSR count). The third-order valence-corrected chi connectivity index (χ3v) is 3.88. The summed E-state index contributed by atoms with van der Waals surface area (Å²) >= 11 is 0. The van der Waals surface area contributed by atoms with E-state index in [0.717, 1.165) is 17.6 Å². The predicted octanol–water partition coefficient (Wildman–Crippen LogP) is 1.47. The topological polar surface area (TPSA) is 43.4 Å². The van der Waals surface area contributed by atoms with Crippen molar-refractivity contribution in [3.05, 3.63) is 11.1 Å². The van der Waals surface area contributed by atoms with Crippen LogP contribution in [0.2, 0.25) is 0 Å². The Labute approximate surface area is 88.5 Å². The van der Waals surface area contributed by atoms with Gasteiger partial charge in [-0.3, -0.25) is 4.79 Å². The number of Topliss-reactive ketones (excluding diaryl/α,β-unsaturated/α-hetero) is 1. The van der Waals surface area contributed by atoms with Gasteiger partial charge < -0.3 is 4.74 Å². The summed E-state index contributed by atoms with van der Waals surface area (Å²) in [6, 6.07) is 0. The highest BCUT2D eigenvalue weighted by atomic mass is 16.5. The summed E-state index contributed by atoms with van der Waals surface area (Å²) in [4.78, 5) is 23.2. The Morgan fingerprint density at radius 3 is 2.93 bits per heavy atom. The van der Waals surface area contributed by atoms with E-state index < -0.39 is 0 Å². The number of carbonyl (C=O) groups excluding carboxylic acids is 2. The fourth-order valence-electron chi connectivity index (χ4n) is 3.01. The van der Waals surface area contributed by atoms with Gasteiger partial charge in [0.1, 0.15) is 12.4 Å². The highest BCUT2D eigenvalue weighted by molar-refractivity contribution is 5.95. The molecule has 3 aliphatic rings. The summed E-state index contributed by atoms with van der Waals surface area (Å²) in [5.74, 6) is 1.48. The van der Waals surface area contributed by atoms with E-state index in [4.69, 9.17) is 4.74 Å². The largest absolute Gasteiger partial charge is 0.458 e. The maximum absolute atomic E-state index is 11.7. The molecule has 2 aliphatic carbocycles. The SMILES string of the molecule is C[C@H]1CC(=O)CC2=C(C(=O)OC2)[C@@H]2C[C@H]12. The number of ketones is 1. The first-order valence-electron chi connectivity index (χ1n) is 5.57. The van der Waals surface area contributed by atoms with Gasteiger partial charge in [0.05, 0.1) is 0 Å². The van der Waals surface area contributed by atoms with E-state index in [2.05, 4.69) is 6.92 Å². The molecule has 3 atom stereocenters. The molecular formula is C12H14O3. The molecule has 0 spiro atoms. The van der Waals surface area contributed by atoms with Crippen LogP contribution in [-0.4, -0.2) is 18.4 Å². The van der Waals surface area contributed by atoms with Crippen molar-refractivity contribution in [3.63, 3.8) is 0 Å². The van der Waals surface area contributed by atoms with E-state index in [-0.39, 0.29) is 11.8 Å². The van der Waals surface area contributed by atoms with Crippen LogP contribution in [0.3, 0.4) is 0 Å². The Morgan fingerprint density at radius 2 is 2.13 bits per heavy atom. The van der Waals surface area contributed by atoms with Gasteiger partial charge in [-0.2, -0.15) is 0 Å². The molecule has 1 saturated carbocycles. The van der Waals surface area contributed by atoms with Crippen LogP contribution < -0.4 is 0 Å². The zero-order chi connectivity index (χ0) is 10.6. The summed E-state index contributed by atoms with van der Waals surface area (Å²) in [5, 5.41) is 0. The van der Waals surface area contributed by atoms with Gasteiger partial charge in [0.2, 0.25) is 0 Å². The predicted molar refractivity (Wildman–Crippen MR) is 53.0 cm³/mol. The monoisotopic (exact) mass is 206 g/mol. The maximum Gasteiger partial charge on any atom is 0.334 e. The van der Waals surface area contributed by atoms with Crippen molar-refractivity contribution in [2.24, 2.45) is 17.8 Å². The second-order valence-electron chi connectivity index (χ2n) is 5.00. The summed E-state index contributed by atoms with van der Waals surface area (Å²) in [6.45, 7) is 2.48. The minimum Gasteiger partial charge on any atom is -0.458 e. The molecule has 15 heavy (non-hydrogen) atoms. The molecule has 0 aromatic carbocycles. The van der Waals surface area contributed by atoms with E-state index in [1.807, 2.05) is 0 Å². The Bertz CT molecular complexity index is 380. The van der Waals surface area contributed by atoms with Gasteiger partial charge in [-0.05, 0) is 29.7 Å². The Hall–Kier alpha value is -1.12. The number of carbonyl (C=O) groups is 2. The Morgan fingerprint density at radius 1 is 1.33 bits per heavy atom. The van der Waals surface area contributed by atoms with Crippen molar-refractivity contribution in [2.75, 3.05) is 6.61 Å². The molecule has 1 heterocycles. The van der Waals surface area contributed by atoms with Crippen LogP contribution in [0.5, 0.6) is 0 Å². The van der Waals surface area contributed by atoms with Crippen molar-refractivity contribution in [2.45, 2.75) is 26.2 Å². The highest BCUT2D eigenvalue weighted by Gasteiger charge is 2.50. The minimum atomic E-state index is -0.167. The molecule has 0 N–H and O–H groups in total. The van der Waals surface area contributed by atoms with E-state index in [0.29, 0.717) is 37.2 Å². The van der Waals surface area contributed by atoms with E-state index in [9.17, 15) is 9.59 Å². The molecule has 80 valence electrons. The fourth-order valence-corrected chi connectivity index (χ4v) is 3.01. The average molecular weight is 206 g/mol. The second-order valence-corrected chi connectivity index (χ2v) is 5.00. The highest BCUT2D eigenvalue weighted by Crippen LogP contribution is 2.53. The summed E-state index contributed by atoms with van der Waals surface area (Å²) in [5.41, 5.74) is 1.81. The molecule has 0 amide bonds. The van der Waals surface area contributed by atoms with Crippen molar-refractivity contribution in [1.29, 1.82) is 0 Å². The summed E-state index contributed by atoms with van der Waals surface area (Å²) in [7, 11) is 0. The van der Waals surface area contributed by atoms with Crippen molar-refractivity contribution in [1.82, 2.24) is 0 Å². The third kappa shape index (κ3) is 1.33. The number of ether oxygens (including phenoxy) is 1. The number of rotatable bonds is 0. The Balaban J connectivity index is 1.98. The van der Waals surface area contributed by atoms with Gasteiger partial charge in [0, 0.05) is 18.4 Å². The normalized spacial score (nSPS) is 39.1. The molecule has 0 saturated heterocycles. The van der Waals surface area contributed by atoms with Gasteiger partial charge in [-0.1, -0.05) is 6.92 Å². The van der Waals surface area contributed by atoms with Crippen LogP contribution in [-0.2, 0) is 14.3 Å². The van der Waals surface area contributed by atoms with Crippen LogP contribution in [0.15, 0.2) is 11.1 Å². The van der Waals surface area contributed by atoms with Crippen LogP contribution in [0.25, 0.3) is 0 Å². The van der Waals surface area contributed by atoms with Gasteiger partial charge >= 0.3 is 5.97 Å². The van der Waals surface area contributed by atoms with Crippen molar-refractivity contribution >= 4 is 11.8 Å². The molecule has 0 aromatic rings. The standard InChI is InChI=1S/C12H14O3/c1-6-2-8(13)3-7-5-15-12(14)11(7)10-4-9(6)10/h6,9-10H,2-5H2,1H3/t6-,9+,10+/m0/s1. The Kier molecular flexibility index (Phi) is 1.79. The third-order valence-electron chi connectivity index (χ3n) is 3.88. The molecule has 1 fully saturated rings. The van der Waals surface area contributed by atoms with Crippen molar-refractivity contribution in [3.8, 4) is 0 Å².